The Morgan fingerprint density at radius 1 is 1.56 bits per heavy atom. The Kier molecular flexibility index (Phi) is 5.37. The number of ether oxygens (including phenoxy) is 1. The van der Waals surface area contributed by atoms with Crippen molar-refractivity contribution in [3.05, 3.63) is 18.3 Å². The second-order valence-electron chi connectivity index (χ2n) is 2.83. The summed E-state index contributed by atoms with van der Waals surface area (Å²) in [5.74, 6) is 0.951. The zero-order valence-corrected chi connectivity index (χ0v) is 11.1. The number of nitrogens with zero attached hydrogens (tertiary/aromatic N) is 1. The van der Waals surface area contributed by atoms with Crippen LogP contribution in [0.4, 0.5) is 0 Å². The molecule has 1 aromatic rings. The number of hydrogen-bond donors (Lipinski definition) is 0. The second kappa shape index (κ2) is 6.32. The van der Waals surface area contributed by atoms with Crippen molar-refractivity contribution in [2.45, 2.75) is 11.9 Å². The van der Waals surface area contributed by atoms with E-state index in [0.717, 1.165) is 0 Å². The van der Waals surface area contributed by atoms with Crippen LogP contribution in [-0.2, 0) is 9.05 Å². The normalized spacial score (nSPS) is 11.4. The molecule has 0 saturated heterocycles. The summed E-state index contributed by atoms with van der Waals surface area (Å²) in [6.07, 6.45) is 1.64. The van der Waals surface area contributed by atoms with Gasteiger partial charge >= 0.3 is 0 Å². The van der Waals surface area contributed by atoms with E-state index in [2.05, 4.69) is 4.98 Å². The Hall–Kier alpha value is -0.460. The molecule has 0 unspecified atom stereocenters. The molecule has 0 atom stereocenters. The van der Waals surface area contributed by atoms with E-state index in [4.69, 9.17) is 15.4 Å². The highest BCUT2D eigenvalue weighted by Crippen LogP contribution is 2.26. The molecule has 0 amide bonds. The van der Waals surface area contributed by atoms with E-state index in [-0.39, 0.29) is 5.75 Å². The minimum absolute atomic E-state index is 0.0820. The highest BCUT2D eigenvalue weighted by Gasteiger charge is 2.08. The number of rotatable bonds is 6. The zero-order valence-electron chi connectivity index (χ0n) is 8.72. The Balaban J connectivity index is 2.59. The van der Waals surface area contributed by atoms with Gasteiger partial charge in [-0.25, -0.2) is 13.4 Å². The minimum atomic E-state index is -3.44. The van der Waals surface area contributed by atoms with Crippen LogP contribution in [0.25, 0.3) is 0 Å². The molecule has 4 nitrogen and oxygen atoms in total. The molecule has 1 rings (SSSR count). The van der Waals surface area contributed by atoms with Crippen molar-refractivity contribution in [3.63, 3.8) is 0 Å². The van der Waals surface area contributed by atoms with Gasteiger partial charge in [-0.3, -0.25) is 0 Å². The van der Waals surface area contributed by atoms with Crippen molar-refractivity contribution in [2.75, 3.05) is 18.1 Å². The van der Waals surface area contributed by atoms with Crippen LogP contribution in [0.1, 0.15) is 6.92 Å². The molecule has 0 aromatic carbocycles. The van der Waals surface area contributed by atoms with Crippen LogP contribution in [-0.4, -0.2) is 31.5 Å². The zero-order chi connectivity index (χ0) is 12.0. The van der Waals surface area contributed by atoms with Crippen LogP contribution in [0, 0.1) is 0 Å². The predicted octanol–water partition coefficient (Wildman–Crippen LogP) is 2.14. The minimum Gasteiger partial charge on any atom is -0.491 e. The third-order valence-electron chi connectivity index (χ3n) is 1.60. The summed E-state index contributed by atoms with van der Waals surface area (Å²) in [5, 5.41) is 0.685. The maximum absolute atomic E-state index is 10.7. The van der Waals surface area contributed by atoms with Crippen LogP contribution in [0.3, 0.4) is 0 Å². The highest BCUT2D eigenvalue weighted by atomic mass is 35.7. The summed E-state index contributed by atoms with van der Waals surface area (Å²) >= 11 is 1.31. The molecule has 90 valence electrons. The molecular weight excluding hydrogens is 270 g/mol. The van der Waals surface area contributed by atoms with Crippen LogP contribution < -0.4 is 4.74 Å². The second-order valence-corrected chi connectivity index (χ2v) is 6.81. The predicted molar refractivity (Wildman–Crippen MR) is 65.8 cm³/mol. The Bertz CT molecular complexity index is 436. The van der Waals surface area contributed by atoms with E-state index in [9.17, 15) is 8.42 Å². The van der Waals surface area contributed by atoms with Crippen molar-refractivity contribution >= 4 is 31.5 Å². The molecule has 16 heavy (non-hydrogen) atoms. The topological polar surface area (TPSA) is 56.3 Å². The fourth-order valence-corrected chi connectivity index (χ4v) is 3.28. The average molecular weight is 282 g/mol. The maximum atomic E-state index is 10.7. The van der Waals surface area contributed by atoms with Gasteiger partial charge in [-0.1, -0.05) is 0 Å². The molecule has 0 spiro atoms. The SMILES string of the molecule is CCOc1cccnc1SCCS(=O)(=O)Cl. The first-order valence-corrected chi connectivity index (χ1v) is 8.12. The lowest BCUT2D eigenvalue weighted by Crippen LogP contribution is -2.01. The van der Waals surface area contributed by atoms with Crippen molar-refractivity contribution < 1.29 is 13.2 Å². The van der Waals surface area contributed by atoms with Gasteiger partial charge in [-0.15, -0.1) is 11.8 Å². The number of thioether (sulfide) groups is 1. The molecule has 0 fully saturated rings. The summed E-state index contributed by atoms with van der Waals surface area (Å²) < 4.78 is 26.8. The molecule has 1 heterocycles. The molecule has 0 radical (unpaired) electrons. The standard InChI is InChI=1S/C9H12ClNO3S2/c1-2-14-8-4-3-5-11-9(8)15-6-7-16(10,12)13/h3-5H,2,6-7H2,1H3. The van der Waals surface area contributed by atoms with Gasteiger partial charge in [-0.05, 0) is 19.1 Å². The maximum Gasteiger partial charge on any atom is 0.233 e. The van der Waals surface area contributed by atoms with Gasteiger partial charge in [0.1, 0.15) is 5.03 Å². The fraction of sp³-hybridized carbons (Fsp3) is 0.444. The molecule has 0 aliphatic rings. The summed E-state index contributed by atoms with van der Waals surface area (Å²) in [6, 6.07) is 3.57. The van der Waals surface area contributed by atoms with Crippen LogP contribution in [0.15, 0.2) is 23.4 Å². The van der Waals surface area contributed by atoms with Crippen molar-refractivity contribution in [1.29, 1.82) is 0 Å². The molecule has 1 aromatic heterocycles. The van der Waals surface area contributed by atoms with Gasteiger partial charge < -0.3 is 4.74 Å². The number of pyridine rings is 1. The number of hydrogen-bond acceptors (Lipinski definition) is 5. The molecular formula is C9H12ClNO3S2. The van der Waals surface area contributed by atoms with Crippen molar-refractivity contribution in [3.8, 4) is 5.75 Å². The smallest absolute Gasteiger partial charge is 0.233 e. The van der Waals surface area contributed by atoms with Gasteiger partial charge in [0, 0.05) is 22.6 Å². The number of aromatic nitrogens is 1. The van der Waals surface area contributed by atoms with Gasteiger partial charge in [0.15, 0.2) is 5.75 Å². The first-order valence-electron chi connectivity index (χ1n) is 4.66. The lowest BCUT2D eigenvalue weighted by Gasteiger charge is -2.07. The van der Waals surface area contributed by atoms with Gasteiger partial charge in [0.05, 0.1) is 12.4 Å². The quantitative estimate of drug-likeness (QED) is 0.591. The molecule has 0 saturated carbocycles. The third kappa shape index (κ3) is 5.05. The first kappa shape index (κ1) is 13.6. The Labute approximate surface area is 104 Å². The van der Waals surface area contributed by atoms with Gasteiger partial charge in [0.2, 0.25) is 9.05 Å². The van der Waals surface area contributed by atoms with E-state index in [1.807, 2.05) is 6.92 Å². The molecule has 7 heteroatoms. The highest BCUT2D eigenvalue weighted by molar-refractivity contribution is 8.14. The number of halogens is 1. The molecule has 0 N–H and O–H groups in total. The average Bonchev–Trinajstić information content (AvgIpc) is 2.19. The Morgan fingerprint density at radius 3 is 2.94 bits per heavy atom. The summed E-state index contributed by atoms with van der Waals surface area (Å²) in [6.45, 7) is 2.43. The van der Waals surface area contributed by atoms with Crippen molar-refractivity contribution in [1.82, 2.24) is 4.98 Å². The molecule has 0 bridgehead atoms. The van der Waals surface area contributed by atoms with Gasteiger partial charge in [0.25, 0.3) is 0 Å². The third-order valence-corrected chi connectivity index (χ3v) is 4.00. The lowest BCUT2D eigenvalue weighted by atomic mass is 10.5. The summed E-state index contributed by atoms with van der Waals surface area (Å²) in [7, 11) is 1.67. The van der Waals surface area contributed by atoms with Gasteiger partial charge in [-0.2, -0.15) is 0 Å². The molecule has 0 aliphatic heterocycles. The Morgan fingerprint density at radius 2 is 2.31 bits per heavy atom. The first-order chi connectivity index (χ1) is 7.53. The summed E-state index contributed by atoms with van der Waals surface area (Å²) in [4.78, 5) is 4.12. The lowest BCUT2D eigenvalue weighted by molar-refractivity contribution is 0.329. The van der Waals surface area contributed by atoms with Crippen LogP contribution >= 0.6 is 22.4 Å². The largest absolute Gasteiger partial charge is 0.491 e. The summed E-state index contributed by atoms with van der Waals surface area (Å²) in [5.41, 5.74) is 0. The van der Waals surface area contributed by atoms with E-state index in [0.29, 0.717) is 23.1 Å². The molecule has 0 aliphatic carbocycles. The monoisotopic (exact) mass is 281 g/mol. The van der Waals surface area contributed by atoms with E-state index >= 15 is 0 Å². The van der Waals surface area contributed by atoms with E-state index in [1.54, 1.807) is 18.3 Å². The van der Waals surface area contributed by atoms with Crippen LogP contribution in [0.2, 0.25) is 0 Å². The van der Waals surface area contributed by atoms with E-state index < -0.39 is 9.05 Å². The van der Waals surface area contributed by atoms with Crippen molar-refractivity contribution in [2.24, 2.45) is 0 Å². The van der Waals surface area contributed by atoms with E-state index in [1.165, 1.54) is 11.8 Å². The van der Waals surface area contributed by atoms with Crippen LogP contribution in [0.5, 0.6) is 5.75 Å². The fourth-order valence-electron chi connectivity index (χ4n) is 0.988.